The number of hydrogen-bond donors (Lipinski definition) is 2. The first-order chi connectivity index (χ1) is 6.93. The van der Waals surface area contributed by atoms with Gasteiger partial charge in [-0.05, 0) is 24.2 Å². The van der Waals surface area contributed by atoms with Gasteiger partial charge in [-0.3, -0.25) is 9.59 Å². The van der Waals surface area contributed by atoms with Crippen LogP contribution in [-0.4, -0.2) is 18.4 Å². The van der Waals surface area contributed by atoms with Crippen molar-refractivity contribution in [2.75, 3.05) is 6.54 Å². The number of primary amides is 1. The molecule has 86 valence electrons. The highest BCUT2D eigenvalue weighted by molar-refractivity contribution is 6.34. The van der Waals surface area contributed by atoms with Gasteiger partial charge < -0.3 is 11.1 Å². The zero-order valence-corrected chi connectivity index (χ0v) is 9.51. The van der Waals surface area contributed by atoms with Gasteiger partial charge in [0.15, 0.2) is 0 Å². The molecule has 0 spiro atoms. The molecule has 1 fully saturated rings. The van der Waals surface area contributed by atoms with E-state index in [1.54, 1.807) is 0 Å². The first-order valence-electron chi connectivity index (χ1n) is 5.51. The third-order valence-electron chi connectivity index (χ3n) is 3.39. The Kier molecular flexibility index (Phi) is 3.72. The SMILES string of the molecule is CC(C)(CNC(=O)C(N)=O)C1CCCC1. The van der Waals surface area contributed by atoms with Crippen molar-refractivity contribution in [1.82, 2.24) is 5.32 Å². The van der Waals surface area contributed by atoms with Crippen LogP contribution in [0.4, 0.5) is 0 Å². The molecule has 0 aromatic heterocycles. The van der Waals surface area contributed by atoms with Crippen molar-refractivity contribution in [1.29, 1.82) is 0 Å². The highest BCUT2D eigenvalue weighted by Gasteiger charge is 2.32. The zero-order chi connectivity index (χ0) is 11.5. The summed E-state index contributed by atoms with van der Waals surface area (Å²) in [5, 5.41) is 2.59. The van der Waals surface area contributed by atoms with Crippen LogP contribution in [0.5, 0.6) is 0 Å². The van der Waals surface area contributed by atoms with Gasteiger partial charge in [-0.25, -0.2) is 0 Å². The fourth-order valence-electron chi connectivity index (χ4n) is 2.25. The Bertz CT molecular complexity index is 255. The van der Waals surface area contributed by atoms with Gasteiger partial charge in [0, 0.05) is 6.54 Å². The van der Waals surface area contributed by atoms with Crippen LogP contribution in [0.25, 0.3) is 0 Å². The van der Waals surface area contributed by atoms with Crippen LogP contribution in [0, 0.1) is 11.3 Å². The second kappa shape index (κ2) is 4.64. The summed E-state index contributed by atoms with van der Waals surface area (Å²) in [7, 11) is 0. The molecule has 1 rings (SSSR count). The average molecular weight is 212 g/mol. The van der Waals surface area contributed by atoms with Gasteiger partial charge >= 0.3 is 11.8 Å². The summed E-state index contributed by atoms with van der Waals surface area (Å²) in [5.74, 6) is -0.941. The Hall–Kier alpha value is -1.06. The molecule has 0 aromatic rings. The van der Waals surface area contributed by atoms with Crippen molar-refractivity contribution < 1.29 is 9.59 Å². The van der Waals surface area contributed by atoms with Crippen LogP contribution >= 0.6 is 0 Å². The molecule has 4 nitrogen and oxygen atoms in total. The Labute approximate surface area is 90.6 Å². The maximum absolute atomic E-state index is 11.0. The maximum Gasteiger partial charge on any atom is 0.309 e. The second-order valence-corrected chi connectivity index (χ2v) is 5.02. The normalized spacial score (nSPS) is 17.7. The number of nitrogens with two attached hydrogens (primary N) is 1. The molecule has 0 atom stereocenters. The maximum atomic E-state index is 11.0. The van der Waals surface area contributed by atoms with E-state index in [4.69, 9.17) is 5.73 Å². The first-order valence-corrected chi connectivity index (χ1v) is 5.51. The summed E-state index contributed by atoms with van der Waals surface area (Å²) < 4.78 is 0. The van der Waals surface area contributed by atoms with Crippen molar-refractivity contribution in [2.45, 2.75) is 39.5 Å². The topological polar surface area (TPSA) is 72.2 Å². The van der Waals surface area contributed by atoms with Gasteiger partial charge in [-0.2, -0.15) is 0 Å². The van der Waals surface area contributed by atoms with E-state index in [2.05, 4.69) is 19.2 Å². The number of carbonyl (C=O) groups excluding carboxylic acids is 2. The quantitative estimate of drug-likeness (QED) is 0.679. The van der Waals surface area contributed by atoms with E-state index in [1.807, 2.05) is 0 Å². The van der Waals surface area contributed by atoms with E-state index in [-0.39, 0.29) is 5.41 Å². The number of nitrogens with one attached hydrogen (secondary N) is 1. The van der Waals surface area contributed by atoms with E-state index in [1.165, 1.54) is 25.7 Å². The van der Waals surface area contributed by atoms with E-state index >= 15 is 0 Å². The molecule has 0 aliphatic heterocycles. The number of hydrogen-bond acceptors (Lipinski definition) is 2. The summed E-state index contributed by atoms with van der Waals surface area (Å²) in [6.45, 7) is 4.79. The molecule has 2 amide bonds. The molecular weight excluding hydrogens is 192 g/mol. The lowest BCUT2D eigenvalue weighted by molar-refractivity contribution is -0.137. The van der Waals surface area contributed by atoms with E-state index in [0.717, 1.165) is 0 Å². The predicted octanol–water partition coefficient (Wildman–Crippen LogP) is 0.804. The monoisotopic (exact) mass is 212 g/mol. The van der Waals surface area contributed by atoms with Crippen molar-refractivity contribution in [3.8, 4) is 0 Å². The molecule has 0 aromatic carbocycles. The summed E-state index contributed by atoms with van der Waals surface area (Å²) >= 11 is 0. The molecule has 0 saturated heterocycles. The third-order valence-corrected chi connectivity index (χ3v) is 3.39. The first kappa shape index (κ1) is 12.0. The highest BCUT2D eigenvalue weighted by Crippen LogP contribution is 2.38. The second-order valence-electron chi connectivity index (χ2n) is 5.02. The molecule has 1 aliphatic carbocycles. The Morgan fingerprint density at radius 1 is 1.33 bits per heavy atom. The molecule has 0 unspecified atom stereocenters. The van der Waals surface area contributed by atoms with Gasteiger partial charge in [0.05, 0.1) is 0 Å². The molecule has 1 aliphatic rings. The number of rotatable bonds is 3. The molecule has 0 heterocycles. The fraction of sp³-hybridized carbons (Fsp3) is 0.818. The van der Waals surface area contributed by atoms with Crippen molar-refractivity contribution in [3.05, 3.63) is 0 Å². The molecule has 0 bridgehead atoms. The van der Waals surface area contributed by atoms with Crippen LogP contribution in [0.2, 0.25) is 0 Å². The van der Waals surface area contributed by atoms with Crippen LogP contribution in [0.15, 0.2) is 0 Å². The lowest BCUT2D eigenvalue weighted by atomic mass is 9.78. The standard InChI is InChI=1S/C11H20N2O2/c1-11(2,8-5-3-4-6-8)7-13-10(15)9(12)14/h8H,3-7H2,1-2H3,(H2,12,14)(H,13,15). The lowest BCUT2D eigenvalue weighted by Gasteiger charge is -2.31. The van der Waals surface area contributed by atoms with Crippen molar-refractivity contribution in [2.24, 2.45) is 17.1 Å². The molecule has 1 saturated carbocycles. The molecular formula is C11H20N2O2. The number of amides is 2. The Morgan fingerprint density at radius 3 is 2.33 bits per heavy atom. The predicted molar refractivity (Wildman–Crippen MR) is 57.9 cm³/mol. The van der Waals surface area contributed by atoms with Gasteiger partial charge in [0.25, 0.3) is 0 Å². The minimum absolute atomic E-state index is 0.0572. The summed E-state index contributed by atoms with van der Waals surface area (Å²) in [5.41, 5.74) is 4.92. The van der Waals surface area contributed by atoms with Gasteiger partial charge in [-0.15, -0.1) is 0 Å². The molecule has 3 N–H and O–H groups in total. The molecule has 4 heteroatoms. The largest absolute Gasteiger partial charge is 0.361 e. The average Bonchev–Trinajstić information content (AvgIpc) is 2.67. The minimum atomic E-state index is -0.905. The zero-order valence-electron chi connectivity index (χ0n) is 9.51. The summed E-state index contributed by atoms with van der Waals surface area (Å²) in [6.07, 6.45) is 4.99. The summed E-state index contributed by atoms with van der Waals surface area (Å²) in [6, 6.07) is 0. The minimum Gasteiger partial charge on any atom is -0.361 e. The smallest absolute Gasteiger partial charge is 0.309 e. The van der Waals surface area contributed by atoms with E-state index in [9.17, 15) is 9.59 Å². The Balaban J connectivity index is 2.41. The lowest BCUT2D eigenvalue weighted by Crippen LogP contribution is -2.43. The van der Waals surface area contributed by atoms with Crippen molar-refractivity contribution >= 4 is 11.8 Å². The van der Waals surface area contributed by atoms with Crippen LogP contribution in [0.1, 0.15) is 39.5 Å². The van der Waals surface area contributed by atoms with Crippen LogP contribution in [0.3, 0.4) is 0 Å². The third kappa shape index (κ3) is 3.22. The van der Waals surface area contributed by atoms with Crippen molar-refractivity contribution in [3.63, 3.8) is 0 Å². The number of carbonyl (C=O) groups is 2. The fourth-order valence-corrected chi connectivity index (χ4v) is 2.25. The van der Waals surface area contributed by atoms with E-state index in [0.29, 0.717) is 12.5 Å². The van der Waals surface area contributed by atoms with Gasteiger partial charge in [-0.1, -0.05) is 26.7 Å². The van der Waals surface area contributed by atoms with E-state index < -0.39 is 11.8 Å². The van der Waals surface area contributed by atoms with Gasteiger partial charge in [0.1, 0.15) is 0 Å². The summed E-state index contributed by atoms with van der Waals surface area (Å²) in [4.78, 5) is 21.6. The van der Waals surface area contributed by atoms with Gasteiger partial charge in [0.2, 0.25) is 0 Å². The highest BCUT2D eigenvalue weighted by atomic mass is 16.2. The van der Waals surface area contributed by atoms with Crippen LogP contribution < -0.4 is 11.1 Å². The molecule has 0 radical (unpaired) electrons. The van der Waals surface area contributed by atoms with Crippen LogP contribution in [-0.2, 0) is 9.59 Å². The Morgan fingerprint density at radius 2 is 1.87 bits per heavy atom. The molecule has 15 heavy (non-hydrogen) atoms.